The Hall–Kier alpha value is -1.66. The molecule has 19 heavy (non-hydrogen) atoms. The highest BCUT2D eigenvalue weighted by molar-refractivity contribution is 5.95. The lowest BCUT2D eigenvalue weighted by Gasteiger charge is -2.33. The van der Waals surface area contributed by atoms with E-state index in [0.717, 1.165) is 14.2 Å². The first kappa shape index (κ1) is 17.3. The number of nitrogens with zero attached hydrogens (tertiary/aromatic N) is 1. The molecule has 0 fully saturated rings. The van der Waals surface area contributed by atoms with Crippen molar-refractivity contribution in [2.75, 3.05) is 14.2 Å². The quantitative estimate of drug-likeness (QED) is 0.313. The van der Waals surface area contributed by atoms with Gasteiger partial charge in [0, 0.05) is 18.8 Å². The highest BCUT2D eigenvalue weighted by atomic mass is 16.6. The Bertz CT molecular complexity index is 347. The molecule has 110 valence electrons. The van der Waals surface area contributed by atoms with Gasteiger partial charge in [0.05, 0.1) is 20.1 Å². The van der Waals surface area contributed by atoms with Gasteiger partial charge in [0.2, 0.25) is 5.54 Å². The maximum absolute atomic E-state index is 11.8. The molecule has 7 nitrogen and oxygen atoms in total. The second-order valence-electron chi connectivity index (χ2n) is 5.20. The summed E-state index contributed by atoms with van der Waals surface area (Å²) in [4.78, 5) is 34.3. The van der Waals surface area contributed by atoms with Gasteiger partial charge in [-0.05, 0) is 5.92 Å². The molecule has 1 unspecified atom stereocenters. The summed E-state index contributed by atoms with van der Waals surface area (Å²) in [7, 11) is 2.27. The van der Waals surface area contributed by atoms with Crippen molar-refractivity contribution in [2.45, 2.75) is 33.2 Å². The van der Waals surface area contributed by atoms with Crippen LogP contribution < -0.4 is 0 Å². The largest absolute Gasteiger partial charge is 0.468 e. The first-order valence-electron chi connectivity index (χ1n) is 5.91. The third-order valence-corrected chi connectivity index (χ3v) is 3.27. The van der Waals surface area contributed by atoms with Crippen molar-refractivity contribution in [1.29, 1.82) is 0 Å². The Balaban J connectivity index is 5.73. The Morgan fingerprint density at radius 2 is 1.47 bits per heavy atom. The minimum atomic E-state index is -1.46. The van der Waals surface area contributed by atoms with Gasteiger partial charge in [-0.25, -0.2) is 0 Å². The van der Waals surface area contributed by atoms with E-state index in [1.807, 2.05) is 0 Å². The lowest BCUT2D eigenvalue weighted by Crippen LogP contribution is -2.51. The van der Waals surface area contributed by atoms with Crippen molar-refractivity contribution < 1.29 is 24.0 Å². The van der Waals surface area contributed by atoms with Gasteiger partial charge >= 0.3 is 11.9 Å². The van der Waals surface area contributed by atoms with Crippen LogP contribution >= 0.6 is 0 Å². The summed E-state index contributed by atoms with van der Waals surface area (Å²) in [5, 5.41) is 11.2. The number of nitro groups is 1. The zero-order chi connectivity index (χ0) is 15.4. The zero-order valence-electron chi connectivity index (χ0n) is 12.1. The molecule has 0 N–H and O–H groups in total. The maximum Gasteiger partial charge on any atom is 0.320 e. The van der Waals surface area contributed by atoms with Crippen LogP contribution in [0.15, 0.2) is 0 Å². The Morgan fingerprint density at radius 1 is 1.11 bits per heavy atom. The SMILES string of the molecule is COC(=O)C(C(=O)OC)C(C(C)C)C(C)(C)[N+](=O)[O-]. The zero-order valence-corrected chi connectivity index (χ0v) is 12.1. The van der Waals surface area contributed by atoms with Crippen LogP contribution in [0.4, 0.5) is 0 Å². The number of ether oxygens (including phenoxy) is 2. The molecule has 0 aromatic rings. The molecule has 7 heteroatoms. The van der Waals surface area contributed by atoms with Crippen molar-refractivity contribution >= 4 is 11.9 Å². The smallest absolute Gasteiger partial charge is 0.320 e. The normalized spacial score (nSPS) is 13.3. The highest BCUT2D eigenvalue weighted by Gasteiger charge is 2.53. The molecule has 0 spiro atoms. The summed E-state index contributed by atoms with van der Waals surface area (Å²) >= 11 is 0. The summed E-state index contributed by atoms with van der Waals surface area (Å²) in [5.74, 6) is -4.05. The molecule has 0 aliphatic heterocycles. The number of hydrogen-bond donors (Lipinski definition) is 0. The third kappa shape index (κ3) is 3.65. The number of carbonyl (C=O) groups is 2. The summed E-state index contributed by atoms with van der Waals surface area (Å²) in [6.07, 6.45) is 0. The molecule has 0 aliphatic rings. The van der Waals surface area contributed by atoms with Crippen molar-refractivity contribution in [3.63, 3.8) is 0 Å². The first-order chi connectivity index (χ1) is 8.61. The van der Waals surface area contributed by atoms with Crippen molar-refractivity contribution in [3.8, 4) is 0 Å². The van der Waals surface area contributed by atoms with Crippen LogP contribution in [0.3, 0.4) is 0 Å². The van der Waals surface area contributed by atoms with Crippen LogP contribution in [0.2, 0.25) is 0 Å². The lowest BCUT2D eigenvalue weighted by molar-refractivity contribution is -0.574. The van der Waals surface area contributed by atoms with Gasteiger partial charge in [-0.15, -0.1) is 0 Å². The van der Waals surface area contributed by atoms with E-state index >= 15 is 0 Å². The third-order valence-electron chi connectivity index (χ3n) is 3.27. The van der Waals surface area contributed by atoms with Gasteiger partial charge in [0.25, 0.3) is 0 Å². The average Bonchev–Trinajstić information content (AvgIpc) is 2.32. The standard InChI is InChI=1S/C12H21NO6/c1-7(2)9(12(3,4)13(16)17)8(10(14)18-5)11(15)19-6/h7-9H,1-6H3. The topological polar surface area (TPSA) is 95.7 Å². The number of hydrogen-bond acceptors (Lipinski definition) is 6. The maximum atomic E-state index is 11.8. The van der Waals surface area contributed by atoms with Crippen molar-refractivity contribution in [2.24, 2.45) is 17.8 Å². The summed E-state index contributed by atoms with van der Waals surface area (Å²) < 4.78 is 9.16. The Labute approximate surface area is 112 Å². The van der Waals surface area contributed by atoms with Crippen LogP contribution in [0.1, 0.15) is 27.7 Å². The highest BCUT2D eigenvalue weighted by Crippen LogP contribution is 2.35. The second-order valence-corrected chi connectivity index (χ2v) is 5.20. The summed E-state index contributed by atoms with van der Waals surface area (Å²) in [5.41, 5.74) is -1.46. The average molecular weight is 275 g/mol. The van der Waals surface area contributed by atoms with Gasteiger partial charge in [0.15, 0.2) is 5.92 Å². The number of methoxy groups -OCH3 is 2. The Morgan fingerprint density at radius 3 is 1.68 bits per heavy atom. The fourth-order valence-electron chi connectivity index (χ4n) is 2.37. The number of carbonyl (C=O) groups excluding carboxylic acids is 2. The predicted molar refractivity (Wildman–Crippen MR) is 66.9 cm³/mol. The lowest BCUT2D eigenvalue weighted by atomic mass is 9.71. The molecular weight excluding hydrogens is 254 g/mol. The monoisotopic (exact) mass is 275 g/mol. The molecule has 0 saturated heterocycles. The minimum Gasteiger partial charge on any atom is -0.468 e. The first-order valence-corrected chi connectivity index (χ1v) is 5.91. The molecule has 0 aliphatic carbocycles. The van der Waals surface area contributed by atoms with E-state index in [4.69, 9.17) is 0 Å². The van der Waals surface area contributed by atoms with Crippen LogP contribution in [0.5, 0.6) is 0 Å². The fraction of sp³-hybridized carbons (Fsp3) is 0.833. The van der Waals surface area contributed by atoms with E-state index < -0.39 is 34.2 Å². The van der Waals surface area contributed by atoms with E-state index in [-0.39, 0.29) is 5.92 Å². The molecule has 0 heterocycles. The van der Waals surface area contributed by atoms with Gasteiger partial charge in [-0.3, -0.25) is 19.7 Å². The van der Waals surface area contributed by atoms with Crippen molar-refractivity contribution in [1.82, 2.24) is 0 Å². The van der Waals surface area contributed by atoms with Gasteiger partial charge < -0.3 is 9.47 Å². The number of rotatable bonds is 6. The van der Waals surface area contributed by atoms with E-state index in [0.29, 0.717) is 0 Å². The van der Waals surface area contributed by atoms with Crippen LogP contribution in [0.25, 0.3) is 0 Å². The van der Waals surface area contributed by atoms with Crippen LogP contribution in [0, 0.1) is 27.9 Å². The molecule has 0 bridgehead atoms. The molecule has 0 aromatic carbocycles. The van der Waals surface area contributed by atoms with Crippen LogP contribution in [-0.2, 0) is 19.1 Å². The van der Waals surface area contributed by atoms with Crippen molar-refractivity contribution in [3.05, 3.63) is 10.1 Å². The Kier molecular flexibility index (Phi) is 5.92. The molecule has 0 amide bonds. The van der Waals surface area contributed by atoms with Gasteiger partial charge in [-0.1, -0.05) is 13.8 Å². The molecule has 1 atom stereocenters. The van der Waals surface area contributed by atoms with E-state index in [2.05, 4.69) is 9.47 Å². The molecule has 0 saturated carbocycles. The van der Waals surface area contributed by atoms with Crippen LogP contribution in [-0.4, -0.2) is 36.6 Å². The molecular formula is C12H21NO6. The second kappa shape index (κ2) is 6.49. The van der Waals surface area contributed by atoms with E-state index in [9.17, 15) is 19.7 Å². The van der Waals surface area contributed by atoms with Gasteiger partial charge in [0.1, 0.15) is 0 Å². The van der Waals surface area contributed by atoms with Gasteiger partial charge in [-0.2, -0.15) is 0 Å². The molecule has 0 rings (SSSR count). The summed E-state index contributed by atoms with van der Waals surface area (Å²) in [6.45, 7) is 6.21. The molecule has 0 radical (unpaired) electrons. The van der Waals surface area contributed by atoms with E-state index in [1.165, 1.54) is 13.8 Å². The minimum absolute atomic E-state index is 0.274. The molecule has 0 aromatic heterocycles. The predicted octanol–water partition coefficient (Wildman–Crippen LogP) is 1.28. The van der Waals surface area contributed by atoms with E-state index in [1.54, 1.807) is 13.8 Å². The number of esters is 2. The summed E-state index contributed by atoms with van der Waals surface area (Å²) in [6, 6.07) is 0. The fourth-order valence-corrected chi connectivity index (χ4v) is 2.37.